The predicted octanol–water partition coefficient (Wildman–Crippen LogP) is 3.18. The van der Waals surface area contributed by atoms with Crippen molar-refractivity contribution in [2.45, 2.75) is 6.92 Å². The van der Waals surface area contributed by atoms with Gasteiger partial charge in [-0.1, -0.05) is 35.9 Å². The lowest BCUT2D eigenvalue weighted by Crippen LogP contribution is -2.38. The van der Waals surface area contributed by atoms with Gasteiger partial charge in [-0.15, -0.1) is 0 Å². The summed E-state index contributed by atoms with van der Waals surface area (Å²) in [7, 11) is 0. The third kappa shape index (κ3) is 4.10. The van der Waals surface area contributed by atoms with Crippen molar-refractivity contribution in [1.82, 2.24) is 10.2 Å². The molecule has 0 aromatic heterocycles. The van der Waals surface area contributed by atoms with Crippen LogP contribution in [-0.4, -0.2) is 29.3 Å². The number of hydrogen-bond acceptors (Lipinski definition) is 3. The van der Waals surface area contributed by atoms with Gasteiger partial charge in [-0.05, 0) is 48.4 Å². The number of rotatable bonds is 4. The fraction of sp³-hybridized carbons (Fsp3) is 0.105. The summed E-state index contributed by atoms with van der Waals surface area (Å²) in [5.74, 6) is -1.00. The van der Waals surface area contributed by atoms with Crippen LogP contribution in [0.5, 0.6) is 0 Å². The Bertz CT molecular complexity index is 907. The van der Waals surface area contributed by atoms with E-state index in [0.29, 0.717) is 16.3 Å². The Morgan fingerprint density at radius 2 is 1.92 bits per heavy atom. The largest absolute Gasteiger partial charge is 0.329 e. The van der Waals surface area contributed by atoms with E-state index in [4.69, 9.17) is 11.6 Å². The van der Waals surface area contributed by atoms with Gasteiger partial charge in [0.15, 0.2) is 0 Å². The van der Waals surface area contributed by atoms with Crippen LogP contribution in [0.25, 0.3) is 6.08 Å². The van der Waals surface area contributed by atoms with Crippen molar-refractivity contribution in [1.29, 1.82) is 0 Å². The van der Waals surface area contributed by atoms with E-state index >= 15 is 0 Å². The molecule has 1 heterocycles. The van der Waals surface area contributed by atoms with Crippen molar-refractivity contribution >= 4 is 41.2 Å². The Balaban J connectivity index is 1.69. The molecule has 1 saturated heterocycles. The molecule has 0 saturated carbocycles. The van der Waals surface area contributed by atoms with E-state index in [1.165, 1.54) is 6.08 Å². The first-order chi connectivity index (χ1) is 12.4. The molecule has 7 heteroatoms. The van der Waals surface area contributed by atoms with Crippen molar-refractivity contribution in [3.05, 3.63) is 70.4 Å². The topological polar surface area (TPSA) is 78.5 Å². The maximum Gasteiger partial charge on any atom is 0.329 e. The third-order valence-corrected chi connectivity index (χ3v) is 4.00. The second-order valence-corrected chi connectivity index (χ2v) is 6.29. The van der Waals surface area contributed by atoms with Crippen LogP contribution >= 0.6 is 11.6 Å². The molecule has 2 N–H and O–H groups in total. The van der Waals surface area contributed by atoms with Gasteiger partial charge < -0.3 is 10.6 Å². The molecule has 132 valence electrons. The van der Waals surface area contributed by atoms with Gasteiger partial charge in [-0.2, -0.15) is 0 Å². The maximum atomic E-state index is 12.4. The predicted molar refractivity (Wildman–Crippen MR) is 99.5 cm³/mol. The highest BCUT2D eigenvalue weighted by atomic mass is 35.5. The summed E-state index contributed by atoms with van der Waals surface area (Å²) in [5.41, 5.74) is 2.43. The first-order valence-electron chi connectivity index (χ1n) is 7.89. The molecule has 0 spiro atoms. The highest BCUT2D eigenvalue weighted by molar-refractivity contribution is 6.30. The summed E-state index contributed by atoms with van der Waals surface area (Å²) < 4.78 is 0. The minimum Gasteiger partial charge on any atom is -0.325 e. The van der Waals surface area contributed by atoms with Crippen LogP contribution in [0.1, 0.15) is 11.1 Å². The number of halogens is 1. The Morgan fingerprint density at radius 1 is 1.19 bits per heavy atom. The molecule has 4 amide bonds. The first-order valence-corrected chi connectivity index (χ1v) is 8.27. The monoisotopic (exact) mass is 369 g/mol. The normalized spacial score (nSPS) is 15.3. The van der Waals surface area contributed by atoms with Crippen molar-refractivity contribution in [2.75, 3.05) is 11.9 Å². The van der Waals surface area contributed by atoms with Gasteiger partial charge in [0, 0.05) is 10.7 Å². The van der Waals surface area contributed by atoms with Crippen LogP contribution in [0.4, 0.5) is 10.5 Å². The van der Waals surface area contributed by atoms with Crippen LogP contribution in [0, 0.1) is 6.92 Å². The summed E-state index contributed by atoms with van der Waals surface area (Å²) in [4.78, 5) is 37.5. The van der Waals surface area contributed by atoms with Gasteiger partial charge in [0.05, 0.1) is 0 Å². The average molecular weight is 370 g/mol. The Hall–Kier alpha value is -3.12. The van der Waals surface area contributed by atoms with E-state index in [9.17, 15) is 14.4 Å². The number of benzene rings is 2. The van der Waals surface area contributed by atoms with Crippen LogP contribution in [0.2, 0.25) is 5.02 Å². The minimum atomic E-state index is -0.630. The molecular formula is C19H16ClN3O3. The van der Waals surface area contributed by atoms with E-state index in [1.807, 2.05) is 19.1 Å². The molecule has 0 bridgehead atoms. The summed E-state index contributed by atoms with van der Waals surface area (Å²) >= 11 is 5.83. The molecule has 26 heavy (non-hydrogen) atoms. The fourth-order valence-electron chi connectivity index (χ4n) is 2.51. The van der Waals surface area contributed by atoms with Crippen molar-refractivity contribution in [3.63, 3.8) is 0 Å². The summed E-state index contributed by atoms with van der Waals surface area (Å²) in [5, 5.41) is 5.73. The van der Waals surface area contributed by atoms with Crippen LogP contribution < -0.4 is 10.6 Å². The van der Waals surface area contributed by atoms with Gasteiger partial charge in [0.2, 0.25) is 5.91 Å². The lowest BCUT2D eigenvalue weighted by Gasteiger charge is -2.12. The third-order valence-electron chi connectivity index (χ3n) is 3.75. The van der Waals surface area contributed by atoms with E-state index in [0.717, 1.165) is 10.5 Å². The summed E-state index contributed by atoms with van der Waals surface area (Å²) in [6, 6.07) is 13.4. The molecule has 2 aromatic rings. The second kappa shape index (κ2) is 7.41. The SMILES string of the molecule is Cc1cccc(NC(=O)CN2C(=O)NC(=Cc3ccc(Cl)cc3)C2=O)c1. The van der Waals surface area contributed by atoms with Gasteiger partial charge >= 0.3 is 6.03 Å². The molecule has 0 radical (unpaired) electrons. The minimum absolute atomic E-state index is 0.112. The Labute approximate surface area is 155 Å². The van der Waals surface area contributed by atoms with E-state index < -0.39 is 17.8 Å². The lowest BCUT2D eigenvalue weighted by molar-refractivity contribution is -0.127. The zero-order chi connectivity index (χ0) is 18.7. The number of nitrogens with zero attached hydrogens (tertiary/aromatic N) is 1. The van der Waals surface area contributed by atoms with Crippen LogP contribution in [-0.2, 0) is 9.59 Å². The van der Waals surface area contributed by atoms with Crippen molar-refractivity contribution in [2.24, 2.45) is 0 Å². The zero-order valence-electron chi connectivity index (χ0n) is 14.0. The van der Waals surface area contributed by atoms with Gasteiger partial charge in [-0.25, -0.2) is 9.69 Å². The smallest absolute Gasteiger partial charge is 0.325 e. The number of amides is 4. The number of imide groups is 1. The lowest BCUT2D eigenvalue weighted by atomic mass is 10.2. The quantitative estimate of drug-likeness (QED) is 0.641. The molecule has 1 aliphatic rings. The Morgan fingerprint density at radius 3 is 2.62 bits per heavy atom. The standard InChI is InChI=1S/C19H16ClN3O3/c1-12-3-2-4-15(9-12)21-17(24)11-23-18(25)16(22-19(23)26)10-13-5-7-14(20)8-6-13/h2-10H,11H2,1H3,(H,21,24)(H,22,26). The Kier molecular flexibility index (Phi) is 5.04. The molecule has 3 rings (SSSR count). The number of nitrogens with one attached hydrogen (secondary N) is 2. The number of urea groups is 1. The van der Waals surface area contributed by atoms with Crippen LogP contribution in [0.15, 0.2) is 54.2 Å². The highest BCUT2D eigenvalue weighted by Crippen LogP contribution is 2.16. The number of carbonyl (C=O) groups is 3. The van der Waals surface area contributed by atoms with Gasteiger partial charge in [0.25, 0.3) is 5.91 Å². The zero-order valence-corrected chi connectivity index (χ0v) is 14.7. The molecule has 1 aliphatic heterocycles. The fourth-order valence-corrected chi connectivity index (χ4v) is 2.63. The molecule has 0 unspecified atom stereocenters. The number of hydrogen-bond donors (Lipinski definition) is 2. The number of anilines is 1. The molecule has 0 atom stereocenters. The first kappa shape index (κ1) is 17.7. The molecule has 1 fully saturated rings. The van der Waals surface area contributed by atoms with Gasteiger partial charge in [0.1, 0.15) is 12.2 Å². The molecule has 6 nitrogen and oxygen atoms in total. The summed E-state index contributed by atoms with van der Waals surface area (Å²) in [6.07, 6.45) is 1.54. The van der Waals surface area contributed by atoms with E-state index in [2.05, 4.69) is 10.6 Å². The van der Waals surface area contributed by atoms with E-state index in [1.54, 1.807) is 36.4 Å². The average Bonchev–Trinajstić information content (AvgIpc) is 2.84. The van der Waals surface area contributed by atoms with E-state index in [-0.39, 0.29) is 12.2 Å². The van der Waals surface area contributed by atoms with Crippen molar-refractivity contribution in [3.8, 4) is 0 Å². The summed E-state index contributed by atoms with van der Waals surface area (Å²) in [6.45, 7) is 1.54. The number of carbonyl (C=O) groups excluding carboxylic acids is 3. The molecule has 2 aromatic carbocycles. The van der Waals surface area contributed by atoms with Crippen LogP contribution in [0.3, 0.4) is 0 Å². The molecular weight excluding hydrogens is 354 g/mol. The molecule has 0 aliphatic carbocycles. The number of aryl methyl sites for hydroxylation is 1. The second-order valence-electron chi connectivity index (χ2n) is 5.85. The van der Waals surface area contributed by atoms with Gasteiger partial charge in [-0.3, -0.25) is 9.59 Å². The highest BCUT2D eigenvalue weighted by Gasteiger charge is 2.34. The van der Waals surface area contributed by atoms with Crippen molar-refractivity contribution < 1.29 is 14.4 Å². The maximum absolute atomic E-state index is 12.4.